The van der Waals surface area contributed by atoms with Crippen LogP contribution in [0.15, 0.2) is 18.5 Å². The monoisotopic (exact) mass is 261 g/mol. The molecule has 1 saturated heterocycles. The average molecular weight is 261 g/mol. The van der Waals surface area contributed by atoms with Crippen LogP contribution in [-0.2, 0) is 4.79 Å². The van der Waals surface area contributed by atoms with E-state index in [2.05, 4.69) is 4.98 Å². The number of hydrogen-bond donors (Lipinski definition) is 1. The van der Waals surface area contributed by atoms with Gasteiger partial charge in [0.2, 0.25) is 5.91 Å². The molecule has 102 valence electrons. The van der Waals surface area contributed by atoms with Crippen LogP contribution in [0.5, 0.6) is 0 Å². The molecule has 1 N–H and O–H groups in total. The van der Waals surface area contributed by atoms with E-state index in [0.717, 1.165) is 12.8 Å². The van der Waals surface area contributed by atoms with Crippen LogP contribution in [0.4, 0.5) is 0 Å². The van der Waals surface area contributed by atoms with Gasteiger partial charge in [0, 0.05) is 44.5 Å². The van der Waals surface area contributed by atoms with Crippen LogP contribution in [0, 0.1) is 5.92 Å². The fourth-order valence-corrected chi connectivity index (χ4v) is 2.68. The normalized spacial score (nSPS) is 20.2. The van der Waals surface area contributed by atoms with E-state index in [-0.39, 0.29) is 11.8 Å². The molecule has 5 nitrogen and oxygen atoms in total. The van der Waals surface area contributed by atoms with Gasteiger partial charge in [0.25, 0.3) is 5.91 Å². The van der Waals surface area contributed by atoms with Crippen LogP contribution >= 0.6 is 0 Å². The summed E-state index contributed by atoms with van der Waals surface area (Å²) in [7, 11) is 0. The lowest BCUT2D eigenvalue weighted by Gasteiger charge is -2.38. The van der Waals surface area contributed by atoms with Gasteiger partial charge < -0.3 is 14.8 Å². The van der Waals surface area contributed by atoms with E-state index in [1.807, 2.05) is 9.80 Å². The summed E-state index contributed by atoms with van der Waals surface area (Å²) in [5.41, 5.74) is 0.693. The van der Waals surface area contributed by atoms with E-state index in [9.17, 15) is 9.59 Å². The van der Waals surface area contributed by atoms with Crippen molar-refractivity contribution in [1.82, 2.24) is 14.8 Å². The van der Waals surface area contributed by atoms with Gasteiger partial charge in [-0.3, -0.25) is 9.59 Å². The Labute approximate surface area is 112 Å². The number of piperazine rings is 1. The van der Waals surface area contributed by atoms with E-state index in [1.165, 1.54) is 6.42 Å². The Morgan fingerprint density at radius 2 is 1.79 bits per heavy atom. The second-order valence-electron chi connectivity index (χ2n) is 5.34. The van der Waals surface area contributed by atoms with Gasteiger partial charge >= 0.3 is 0 Å². The molecule has 0 aromatic carbocycles. The maximum atomic E-state index is 12.1. The first kappa shape index (κ1) is 12.3. The molecule has 0 unspecified atom stereocenters. The quantitative estimate of drug-likeness (QED) is 0.866. The van der Waals surface area contributed by atoms with Crippen LogP contribution in [0.2, 0.25) is 0 Å². The maximum absolute atomic E-state index is 12.1. The first-order valence-corrected chi connectivity index (χ1v) is 6.96. The third-order valence-electron chi connectivity index (χ3n) is 4.18. The highest BCUT2D eigenvalue weighted by Crippen LogP contribution is 2.28. The number of carbonyl (C=O) groups is 2. The maximum Gasteiger partial charge on any atom is 0.255 e. The summed E-state index contributed by atoms with van der Waals surface area (Å²) in [6.45, 7) is 2.63. The van der Waals surface area contributed by atoms with Crippen molar-refractivity contribution in [3.05, 3.63) is 24.0 Å². The molecule has 2 amide bonds. The van der Waals surface area contributed by atoms with Crippen molar-refractivity contribution in [3.8, 4) is 0 Å². The van der Waals surface area contributed by atoms with Crippen molar-refractivity contribution in [2.75, 3.05) is 26.2 Å². The summed E-state index contributed by atoms with van der Waals surface area (Å²) in [6.07, 6.45) is 6.74. The minimum atomic E-state index is 0.0528. The van der Waals surface area contributed by atoms with Gasteiger partial charge in [-0.1, -0.05) is 6.42 Å². The Morgan fingerprint density at radius 1 is 1.11 bits per heavy atom. The predicted molar refractivity (Wildman–Crippen MR) is 70.6 cm³/mol. The van der Waals surface area contributed by atoms with Gasteiger partial charge in [0.05, 0.1) is 5.56 Å². The predicted octanol–water partition coefficient (Wildman–Crippen LogP) is 1.10. The second-order valence-corrected chi connectivity index (χ2v) is 5.34. The molecule has 1 aromatic heterocycles. The summed E-state index contributed by atoms with van der Waals surface area (Å²) < 4.78 is 0. The molecule has 0 spiro atoms. The largest absolute Gasteiger partial charge is 0.367 e. The molecule has 1 aromatic rings. The zero-order valence-corrected chi connectivity index (χ0v) is 11.0. The topological polar surface area (TPSA) is 56.4 Å². The molecule has 19 heavy (non-hydrogen) atoms. The highest BCUT2D eigenvalue weighted by molar-refractivity contribution is 5.94. The number of aromatic amines is 1. The molecule has 2 aliphatic rings. The zero-order chi connectivity index (χ0) is 13.2. The standard InChI is InChI=1S/C14H19N3O2/c18-13(11-2-1-3-11)16-6-8-17(9-7-16)14(19)12-4-5-15-10-12/h4-5,10-11,15H,1-3,6-9H2. The van der Waals surface area contributed by atoms with Crippen LogP contribution in [0.25, 0.3) is 0 Å². The van der Waals surface area contributed by atoms with Gasteiger partial charge in [-0.2, -0.15) is 0 Å². The van der Waals surface area contributed by atoms with Crippen LogP contribution in [0.3, 0.4) is 0 Å². The first-order chi connectivity index (χ1) is 9.25. The second kappa shape index (κ2) is 5.07. The number of hydrogen-bond acceptors (Lipinski definition) is 2. The molecule has 0 bridgehead atoms. The fourth-order valence-electron chi connectivity index (χ4n) is 2.68. The van der Waals surface area contributed by atoms with E-state index < -0.39 is 0 Å². The van der Waals surface area contributed by atoms with Crippen LogP contribution in [0.1, 0.15) is 29.6 Å². The Kier molecular flexibility index (Phi) is 3.27. The van der Waals surface area contributed by atoms with Gasteiger partial charge in [0.15, 0.2) is 0 Å². The minimum Gasteiger partial charge on any atom is -0.367 e. The Morgan fingerprint density at radius 3 is 2.32 bits per heavy atom. The van der Waals surface area contributed by atoms with E-state index in [1.54, 1.807) is 18.5 Å². The van der Waals surface area contributed by atoms with Crippen molar-refractivity contribution in [3.63, 3.8) is 0 Å². The van der Waals surface area contributed by atoms with Crippen molar-refractivity contribution in [2.24, 2.45) is 5.92 Å². The smallest absolute Gasteiger partial charge is 0.255 e. The summed E-state index contributed by atoms with van der Waals surface area (Å²) >= 11 is 0. The first-order valence-electron chi connectivity index (χ1n) is 6.96. The Hall–Kier alpha value is -1.78. The summed E-state index contributed by atoms with van der Waals surface area (Å²) in [5, 5.41) is 0. The zero-order valence-electron chi connectivity index (χ0n) is 11.0. The summed E-state index contributed by atoms with van der Waals surface area (Å²) in [6, 6.07) is 1.79. The number of rotatable bonds is 2. The number of nitrogens with one attached hydrogen (secondary N) is 1. The average Bonchev–Trinajstić information content (AvgIpc) is 2.90. The molecular formula is C14H19N3O2. The van der Waals surface area contributed by atoms with Crippen LogP contribution in [-0.4, -0.2) is 52.8 Å². The van der Waals surface area contributed by atoms with Crippen molar-refractivity contribution < 1.29 is 9.59 Å². The lowest BCUT2D eigenvalue weighted by Crippen LogP contribution is -2.52. The van der Waals surface area contributed by atoms with Gasteiger partial charge in [0.1, 0.15) is 0 Å². The molecule has 3 rings (SSSR count). The number of carbonyl (C=O) groups excluding carboxylic acids is 2. The molecule has 0 atom stereocenters. The summed E-state index contributed by atoms with van der Waals surface area (Å²) in [5.74, 6) is 0.601. The van der Waals surface area contributed by atoms with Crippen LogP contribution < -0.4 is 0 Å². The Balaban J connectivity index is 1.54. The molecule has 2 fully saturated rings. The highest BCUT2D eigenvalue weighted by atomic mass is 16.2. The number of H-pyrrole nitrogens is 1. The van der Waals surface area contributed by atoms with E-state index in [4.69, 9.17) is 0 Å². The summed E-state index contributed by atoms with van der Waals surface area (Å²) in [4.78, 5) is 30.9. The third kappa shape index (κ3) is 2.37. The van der Waals surface area contributed by atoms with Gasteiger partial charge in [-0.15, -0.1) is 0 Å². The Bertz CT molecular complexity index is 457. The lowest BCUT2D eigenvalue weighted by molar-refractivity contribution is -0.139. The van der Waals surface area contributed by atoms with Crippen molar-refractivity contribution in [2.45, 2.75) is 19.3 Å². The molecule has 2 heterocycles. The van der Waals surface area contributed by atoms with E-state index in [0.29, 0.717) is 37.6 Å². The lowest BCUT2D eigenvalue weighted by atomic mass is 9.84. The molecule has 5 heteroatoms. The van der Waals surface area contributed by atoms with E-state index >= 15 is 0 Å². The van der Waals surface area contributed by atoms with Gasteiger partial charge in [-0.25, -0.2) is 0 Å². The fraction of sp³-hybridized carbons (Fsp3) is 0.571. The van der Waals surface area contributed by atoms with Gasteiger partial charge in [-0.05, 0) is 18.9 Å². The molecule has 0 radical (unpaired) electrons. The number of amides is 2. The molecule has 1 aliphatic heterocycles. The SMILES string of the molecule is O=C(c1cc[nH]c1)N1CCN(C(=O)C2CCC2)CC1. The van der Waals surface area contributed by atoms with Crippen molar-refractivity contribution in [1.29, 1.82) is 0 Å². The molecular weight excluding hydrogens is 242 g/mol. The highest BCUT2D eigenvalue weighted by Gasteiger charge is 2.32. The number of aromatic nitrogens is 1. The third-order valence-corrected chi connectivity index (χ3v) is 4.18. The molecule has 1 aliphatic carbocycles. The molecule has 1 saturated carbocycles. The number of nitrogens with zero attached hydrogens (tertiary/aromatic N) is 2. The van der Waals surface area contributed by atoms with Crippen molar-refractivity contribution >= 4 is 11.8 Å². The minimum absolute atomic E-state index is 0.0528.